The zero-order valence-electron chi connectivity index (χ0n) is 15.3. The molecule has 3 rings (SSSR count). The van der Waals surface area contributed by atoms with Crippen LogP contribution in [-0.2, 0) is 9.53 Å². The van der Waals surface area contributed by atoms with Crippen LogP contribution in [0.15, 0.2) is 18.2 Å². The first kappa shape index (κ1) is 18.6. The van der Waals surface area contributed by atoms with Gasteiger partial charge in [-0.3, -0.25) is 9.59 Å². The minimum Gasteiger partial charge on any atom is -0.496 e. The van der Waals surface area contributed by atoms with Crippen molar-refractivity contribution in [2.45, 2.75) is 31.9 Å². The van der Waals surface area contributed by atoms with Gasteiger partial charge in [-0.2, -0.15) is 0 Å². The van der Waals surface area contributed by atoms with Crippen molar-refractivity contribution in [3.8, 4) is 5.75 Å². The molecule has 26 heavy (non-hydrogen) atoms. The standard InChI is InChI=1S/C19H25FN2O4/c1-11(23)21-16-6-12-9-22(10-13(12)7-18(16)26-3)19(24)15-5-4-14(20)8-17(15)25-2/h4-5,8,12-13,16,18H,6-7,9-10H2,1-3H3,(H,21,23)/t12-,13+,16-,18-/m1/s1. The Morgan fingerprint density at radius 1 is 1.19 bits per heavy atom. The Bertz CT molecular complexity index is 696. The van der Waals surface area contributed by atoms with Crippen molar-refractivity contribution in [3.63, 3.8) is 0 Å². The van der Waals surface area contributed by atoms with E-state index < -0.39 is 5.82 Å². The van der Waals surface area contributed by atoms with E-state index in [0.717, 1.165) is 12.8 Å². The van der Waals surface area contributed by atoms with Gasteiger partial charge >= 0.3 is 0 Å². The molecule has 1 aliphatic heterocycles. The summed E-state index contributed by atoms with van der Waals surface area (Å²) in [6, 6.07) is 3.93. The molecule has 1 heterocycles. The lowest BCUT2D eigenvalue weighted by Crippen LogP contribution is -2.49. The monoisotopic (exact) mass is 364 g/mol. The molecule has 1 aromatic rings. The second kappa shape index (κ2) is 7.61. The number of amides is 2. The molecule has 2 fully saturated rings. The number of likely N-dealkylation sites (tertiary alicyclic amines) is 1. The normalized spacial score (nSPS) is 27.8. The zero-order valence-corrected chi connectivity index (χ0v) is 15.3. The van der Waals surface area contributed by atoms with Crippen molar-refractivity contribution >= 4 is 11.8 Å². The Morgan fingerprint density at radius 2 is 1.88 bits per heavy atom. The third-order valence-corrected chi connectivity index (χ3v) is 5.49. The fourth-order valence-corrected chi connectivity index (χ4v) is 4.26. The predicted molar refractivity (Wildman–Crippen MR) is 93.5 cm³/mol. The average Bonchev–Trinajstić information content (AvgIpc) is 3.02. The Labute approximate surface area is 152 Å². The van der Waals surface area contributed by atoms with E-state index in [1.807, 2.05) is 0 Å². The molecule has 2 aliphatic rings. The van der Waals surface area contributed by atoms with E-state index in [9.17, 15) is 14.0 Å². The number of carbonyl (C=O) groups is 2. The highest BCUT2D eigenvalue weighted by molar-refractivity contribution is 5.97. The van der Waals surface area contributed by atoms with Gasteiger partial charge in [-0.15, -0.1) is 0 Å². The van der Waals surface area contributed by atoms with Crippen LogP contribution in [0.5, 0.6) is 5.75 Å². The van der Waals surface area contributed by atoms with Crippen LogP contribution >= 0.6 is 0 Å². The highest BCUT2D eigenvalue weighted by Gasteiger charge is 2.44. The van der Waals surface area contributed by atoms with Crippen molar-refractivity contribution in [1.29, 1.82) is 0 Å². The molecule has 0 spiro atoms. The van der Waals surface area contributed by atoms with Crippen LogP contribution in [0.25, 0.3) is 0 Å². The number of ether oxygens (including phenoxy) is 2. The quantitative estimate of drug-likeness (QED) is 0.885. The van der Waals surface area contributed by atoms with Crippen LogP contribution in [0.2, 0.25) is 0 Å². The molecule has 1 aromatic carbocycles. The fourth-order valence-electron chi connectivity index (χ4n) is 4.26. The SMILES string of the molecule is COc1cc(F)ccc1C(=O)N1C[C@H]2C[C@@H](NC(C)=O)[C@H](OC)C[C@H]2C1. The second-order valence-corrected chi connectivity index (χ2v) is 7.13. The molecule has 2 amide bonds. The first-order valence-corrected chi connectivity index (χ1v) is 8.85. The van der Waals surface area contributed by atoms with E-state index in [1.165, 1.54) is 32.2 Å². The molecule has 6 nitrogen and oxygen atoms in total. The van der Waals surface area contributed by atoms with Crippen molar-refractivity contribution in [2.75, 3.05) is 27.3 Å². The van der Waals surface area contributed by atoms with Crippen LogP contribution in [-0.4, -0.2) is 56.2 Å². The molecule has 1 N–H and O–H groups in total. The van der Waals surface area contributed by atoms with Crippen LogP contribution < -0.4 is 10.1 Å². The maximum atomic E-state index is 13.4. The van der Waals surface area contributed by atoms with Crippen LogP contribution in [0.1, 0.15) is 30.1 Å². The minimum atomic E-state index is -0.436. The number of hydrogen-bond acceptors (Lipinski definition) is 4. The fraction of sp³-hybridized carbons (Fsp3) is 0.579. The molecule has 0 aromatic heterocycles. The van der Waals surface area contributed by atoms with E-state index >= 15 is 0 Å². The Hall–Kier alpha value is -2.15. The van der Waals surface area contributed by atoms with E-state index in [0.29, 0.717) is 30.5 Å². The smallest absolute Gasteiger partial charge is 0.257 e. The number of methoxy groups -OCH3 is 2. The zero-order chi connectivity index (χ0) is 18.8. The molecule has 0 unspecified atom stereocenters. The Balaban J connectivity index is 1.74. The third kappa shape index (κ3) is 3.67. The molecular formula is C19H25FN2O4. The molecule has 0 radical (unpaired) electrons. The summed E-state index contributed by atoms with van der Waals surface area (Å²) in [7, 11) is 3.08. The highest BCUT2D eigenvalue weighted by atomic mass is 19.1. The largest absolute Gasteiger partial charge is 0.496 e. The van der Waals surface area contributed by atoms with Gasteiger partial charge in [-0.05, 0) is 36.8 Å². The van der Waals surface area contributed by atoms with E-state index in [2.05, 4.69) is 5.32 Å². The first-order chi connectivity index (χ1) is 12.4. The van der Waals surface area contributed by atoms with Crippen LogP contribution in [0.4, 0.5) is 4.39 Å². The molecule has 1 saturated carbocycles. The molecule has 142 valence electrons. The van der Waals surface area contributed by atoms with E-state index in [1.54, 1.807) is 12.0 Å². The summed E-state index contributed by atoms with van der Waals surface area (Å²) in [6.07, 6.45) is 1.54. The Morgan fingerprint density at radius 3 is 2.50 bits per heavy atom. The summed E-state index contributed by atoms with van der Waals surface area (Å²) in [4.78, 5) is 26.2. The predicted octanol–water partition coefficient (Wildman–Crippen LogP) is 1.84. The summed E-state index contributed by atoms with van der Waals surface area (Å²) in [5.74, 6) is 0.234. The van der Waals surface area contributed by atoms with Gasteiger partial charge in [0.05, 0.1) is 24.8 Å². The lowest BCUT2D eigenvalue weighted by molar-refractivity contribution is -0.121. The summed E-state index contributed by atoms with van der Waals surface area (Å²) < 4.78 is 24.1. The van der Waals surface area contributed by atoms with Gasteiger partial charge in [-0.25, -0.2) is 4.39 Å². The van der Waals surface area contributed by atoms with Gasteiger partial charge in [0.2, 0.25) is 5.91 Å². The summed E-state index contributed by atoms with van der Waals surface area (Å²) >= 11 is 0. The van der Waals surface area contributed by atoms with Gasteiger partial charge in [-0.1, -0.05) is 0 Å². The lowest BCUT2D eigenvalue weighted by atomic mass is 9.77. The molecule has 4 atom stereocenters. The van der Waals surface area contributed by atoms with Crippen LogP contribution in [0, 0.1) is 17.7 Å². The van der Waals surface area contributed by atoms with E-state index in [4.69, 9.17) is 9.47 Å². The number of carbonyl (C=O) groups excluding carboxylic acids is 2. The van der Waals surface area contributed by atoms with Gasteiger partial charge < -0.3 is 19.7 Å². The molecule has 0 bridgehead atoms. The van der Waals surface area contributed by atoms with Gasteiger partial charge in [0.15, 0.2) is 0 Å². The maximum absolute atomic E-state index is 13.4. The third-order valence-electron chi connectivity index (χ3n) is 5.49. The molecule has 1 aliphatic carbocycles. The topological polar surface area (TPSA) is 67.9 Å². The first-order valence-electron chi connectivity index (χ1n) is 8.85. The summed E-state index contributed by atoms with van der Waals surface area (Å²) in [6.45, 7) is 2.76. The minimum absolute atomic E-state index is 0.0332. The molecule has 7 heteroatoms. The average molecular weight is 364 g/mol. The lowest BCUT2D eigenvalue weighted by Gasteiger charge is -2.37. The number of nitrogens with one attached hydrogen (secondary N) is 1. The second-order valence-electron chi connectivity index (χ2n) is 7.13. The van der Waals surface area contributed by atoms with Crippen molar-refractivity contribution in [2.24, 2.45) is 11.8 Å². The maximum Gasteiger partial charge on any atom is 0.257 e. The van der Waals surface area contributed by atoms with Crippen molar-refractivity contribution in [1.82, 2.24) is 10.2 Å². The number of benzene rings is 1. The number of halogens is 1. The number of hydrogen-bond donors (Lipinski definition) is 1. The van der Waals surface area contributed by atoms with Crippen molar-refractivity contribution in [3.05, 3.63) is 29.6 Å². The van der Waals surface area contributed by atoms with E-state index in [-0.39, 0.29) is 29.7 Å². The summed E-state index contributed by atoms with van der Waals surface area (Å²) in [5.41, 5.74) is 0.370. The van der Waals surface area contributed by atoms with Gasteiger partial charge in [0.1, 0.15) is 11.6 Å². The number of rotatable bonds is 4. The van der Waals surface area contributed by atoms with Crippen LogP contribution in [0.3, 0.4) is 0 Å². The van der Waals surface area contributed by atoms with Crippen molar-refractivity contribution < 1.29 is 23.5 Å². The molecular weight excluding hydrogens is 339 g/mol. The molecule has 1 saturated heterocycles. The van der Waals surface area contributed by atoms with Gasteiger partial charge in [0.25, 0.3) is 5.91 Å². The Kier molecular flexibility index (Phi) is 5.46. The number of nitrogens with zero attached hydrogens (tertiary/aromatic N) is 1. The van der Waals surface area contributed by atoms with Gasteiger partial charge in [0, 0.05) is 33.2 Å². The highest BCUT2D eigenvalue weighted by Crippen LogP contribution is 2.38. The number of fused-ring (bicyclic) bond motifs is 1. The summed E-state index contributed by atoms with van der Waals surface area (Å²) in [5, 5.41) is 2.97.